The van der Waals surface area contributed by atoms with E-state index in [1.807, 2.05) is 48.5 Å². The van der Waals surface area contributed by atoms with Crippen molar-refractivity contribution >= 4 is 21.8 Å². The zero-order valence-electron chi connectivity index (χ0n) is 24.1. The molecule has 0 spiro atoms. The Morgan fingerprint density at radius 3 is 1.85 bits per heavy atom. The lowest BCUT2D eigenvalue weighted by Gasteiger charge is -2.29. The predicted octanol–water partition coefficient (Wildman–Crippen LogP) is 3.71. The molecular weight excluding hydrogens is 542 g/mol. The summed E-state index contributed by atoms with van der Waals surface area (Å²) in [5, 5.41) is 2.96. The number of sulfonamides is 1. The number of hydrogen-bond donors (Lipinski definition) is 2. The minimum atomic E-state index is -3.55. The summed E-state index contributed by atoms with van der Waals surface area (Å²) in [7, 11) is -0.341. The van der Waals surface area contributed by atoms with Gasteiger partial charge in [-0.15, -0.1) is 0 Å². The second-order valence-corrected chi connectivity index (χ2v) is 11.3. The summed E-state index contributed by atoms with van der Waals surface area (Å²) in [4.78, 5) is 28.3. The van der Waals surface area contributed by atoms with Crippen LogP contribution in [0.5, 0.6) is 11.5 Å². The van der Waals surface area contributed by atoms with Crippen LogP contribution >= 0.6 is 0 Å². The third kappa shape index (κ3) is 9.33. The lowest BCUT2D eigenvalue weighted by atomic mass is 10.1. The van der Waals surface area contributed by atoms with E-state index >= 15 is 0 Å². The molecule has 0 aromatic heterocycles. The van der Waals surface area contributed by atoms with Gasteiger partial charge in [-0.05, 0) is 72.9 Å². The average molecular weight is 582 g/mol. The highest BCUT2D eigenvalue weighted by Crippen LogP contribution is 2.18. The molecule has 41 heavy (non-hydrogen) atoms. The number of nitrogens with one attached hydrogen (secondary N) is 2. The van der Waals surface area contributed by atoms with Crippen LogP contribution < -0.4 is 19.5 Å². The molecule has 0 aliphatic heterocycles. The molecule has 2 N–H and O–H groups in total. The first-order valence-corrected chi connectivity index (χ1v) is 15.1. The smallest absolute Gasteiger partial charge is 0.242 e. The Hall–Kier alpha value is -3.89. The quantitative estimate of drug-likeness (QED) is 0.283. The zero-order valence-corrected chi connectivity index (χ0v) is 24.9. The van der Waals surface area contributed by atoms with E-state index < -0.39 is 16.1 Å². The Kier molecular flexibility index (Phi) is 11.7. The van der Waals surface area contributed by atoms with Crippen LogP contribution in [0, 0.1) is 0 Å². The van der Waals surface area contributed by atoms with E-state index in [1.54, 1.807) is 45.1 Å². The summed E-state index contributed by atoms with van der Waals surface area (Å²) >= 11 is 0. The van der Waals surface area contributed by atoms with Gasteiger partial charge < -0.3 is 19.7 Å². The number of benzene rings is 3. The average Bonchev–Trinajstić information content (AvgIpc) is 2.99. The topological polar surface area (TPSA) is 114 Å². The van der Waals surface area contributed by atoms with Gasteiger partial charge in [0.25, 0.3) is 0 Å². The molecule has 3 aromatic carbocycles. The van der Waals surface area contributed by atoms with E-state index in [1.165, 1.54) is 12.1 Å². The Bertz CT molecular complexity index is 1370. The summed E-state index contributed by atoms with van der Waals surface area (Å²) in [5.41, 5.74) is 2.76. The molecule has 1 atom stereocenters. The lowest BCUT2D eigenvalue weighted by molar-refractivity contribution is -0.140. The van der Waals surface area contributed by atoms with Crippen molar-refractivity contribution in [3.8, 4) is 11.5 Å². The van der Waals surface area contributed by atoms with Gasteiger partial charge in [-0.25, -0.2) is 13.1 Å². The maximum absolute atomic E-state index is 13.5. The number of carbonyl (C=O) groups is 2. The Morgan fingerprint density at radius 1 is 0.805 bits per heavy atom. The van der Waals surface area contributed by atoms with E-state index in [4.69, 9.17) is 9.47 Å². The van der Waals surface area contributed by atoms with Crippen LogP contribution in [0.1, 0.15) is 37.0 Å². The van der Waals surface area contributed by atoms with Gasteiger partial charge in [0.1, 0.15) is 17.5 Å². The van der Waals surface area contributed by atoms with Crippen molar-refractivity contribution in [2.24, 2.45) is 0 Å². The fourth-order valence-corrected chi connectivity index (χ4v) is 5.32. The first-order chi connectivity index (χ1) is 19.7. The number of ether oxygens (including phenoxy) is 2. The summed E-state index contributed by atoms with van der Waals surface area (Å²) in [5.74, 6) is 1.06. The van der Waals surface area contributed by atoms with Crippen LogP contribution in [0.15, 0.2) is 77.7 Å². The fourth-order valence-electron chi connectivity index (χ4n) is 4.28. The monoisotopic (exact) mass is 581 g/mol. The fraction of sp³-hybridized carbons (Fsp3) is 0.355. The molecule has 10 heteroatoms. The Labute approximate surface area is 242 Å². The molecule has 0 unspecified atom stereocenters. The van der Waals surface area contributed by atoms with E-state index in [0.717, 1.165) is 22.4 Å². The Balaban J connectivity index is 1.66. The summed E-state index contributed by atoms with van der Waals surface area (Å²) < 4.78 is 37.3. The third-order valence-corrected chi connectivity index (χ3v) is 8.31. The molecule has 0 saturated heterocycles. The molecule has 0 heterocycles. The molecule has 0 radical (unpaired) electrons. The zero-order chi connectivity index (χ0) is 29.8. The largest absolute Gasteiger partial charge is 0.497 e. The van der Waals surface area contributed by atoms with Gasteiger partial charge in [0.05, 0.1) is 19.1 Å². The molecule has 220 valence electrons. The molecule has 0 aliphatic carbocycles. The van der Waals surface area contributed by atoms with E-state index in [2.05, 4.69) is 10.0 Å². The number of carbonyl (C=O) groups excluding carboxylic acids is 2. The minimum absolute atomic E-state index is 0.166. The summed E-state index contributed by atoms with van der Waals surface area (Å²) in [6, 6.07) is 20.8. The van der Waals surface area contributed by atoms with Gasteiger partial charge in [0.2, 0.25) is 21.8 Å². The van der Waals surface area contributed by atoms with Crippen molar-refractivity contribution in [1.29, 1.82) is 0 Å². The minimum Gasteiger partial charge on any atom is -0.497 e. The van der Waals surface area contributed by atoms with E-state index in [-0.39, 0.29) is 29.7 Å². The van der Waals surface area contributed by atoms with Crippen molar-refractivity contribution in [1.82, 2.24) is 14.9 Å². The molecule has 2 amide bonds. The first-order valence-electron chi connectivity index (χ1n) is 13.6. The van der Waals surface area contributed by atoms with Crippen LogP contribution in [0.2, 0.25) is 0 Å². The molecule has 0 saturated carbocycles. The first kappa shape index (κ1) is 31.6. The SMILES string of the molecule is CCNS(=O)(=O)c1ccc(CCC(=O)N(Cc2ccc(OC)cc2)[C@@H](C)C(=O)NCCc2ccc(OC)cc2)cc1. The van der Waals surface area contributed by atoms with Crippen molar-refractivity contribution < 1.29 is 27.5 Å². The second-order valence-electron chi connectivity index (χ2n) is 9.58. The van der Waals surface area contributed by atoms with Gasteiger partial charge in [0, 0.05) is 26.1 Å². The van der Waals surface area contributed by atoms with Gasteiger partial charge in [-0.3, -0.25) is 9.59 Å². The number of methoxy groups -OCH3 is 2. The number of amides is 2. The number of rotatable bonds is 15. The van der Waals surface area contributed by atoms with Gasteiger partial charge >= 0.3 is 0 Å². The van der Waals surface area contributed by atoms with E-state index in [0.29, 0.717) is 31.7 Å². The molecule has 0 bridgehead atoms. The molecule has 0 aliphatic rings. The summed E-state index contributed by atoms with van der Waals surface area (Å²) in [6.07, 6.45) is 1.22. The maximum Gasteiger partial charge on any atom is 0.242 e. The standard InChI is InChI=1S/C31H39N3O6S/c1-5-33-41(37,38)29-17-10-24(11-18-29)12-19-30(35)34(22-26-8-15-28(40-4)16-9-26)23(2)31(36)32-21-20-25-6-13-27(39-3)14-7-25/h6-11,13-18,23,33H,5,12,19-22H2,1-4H3,(H,32,36)/t23-/m0/s1. The molecule has 0 fully saturated rings. The number of aryl methyl sites for hydroxylation is 1. The highest BCUT2D eigenvalue weighted by molar-refractivity contribution is 7.89. The highest BCUT2D eigenvalue weighted by Gasteiger charge is 2.26. The lowest BCUT2D eigenvalue weighted by Crippen LogP contribution is -2.48. The van der Waals surface area contributed by atoms with Gasteiger partial charge in [0.15, 0.2) is 0 Å². The van der Waals surface area contributed by atoms with Crippen LogP contribution in [-0.2, 0) is 39.0 Å². The molecule has 9 nitrogen and oxygen atoms in total. The van der Waals surface area contributed by atoms with Gasteiger partial charge in [-0.2, -0.15) is 0 Å². The number of nitrogens with zero attached hydrogens (tertiary/aromatic N) is 1. The van der Waals surface area contributed by atoms with Crippen molar-refractivity contribution in [2.45, 2.75) is 50.6 Å². The Morgan fingerprint density at radius 2 is 1.32 bits per heavy atom. The third-order valence-electron chi connectivity index (χ3n) is 6.75. The number of hydrogen-bond acceptors (Lipinski definition) is 6. The maximum atomic E-state index is 13.5. The normalized spacial score (nSPS) is 11.9. The highest BCUT2D eigenvalue weighted by atomic mass is 32.2. The van der Waals surface area contributed by atoms with E-state index in [9.17, 15) is 18.0 Å². The van der Waals surface area contributed by atoms with Crippen molar-refractivity contribution in [2.75, 3.05) is 27.3 Å². The van der Waals surface area contributed by atoms with Gasteiger partial charge in [-0.1, -0.05) is 43.3 Å². The van der Waals surface area contributed by atoms with Crippen molar-refractivity contribution in [3.05, 3.63) is 89.5 Å². The molecule has 3 rings (SSSR count). The summed E-state index contributed by atoms with van der Waals surface area (Å²) in [6.45, 7) is 4.44. The van der Waals surface area contributed by atoms with Crippen molar-refractivity contribution in [3.63, 3.8) is 0 Å². The van der Waals surface area contributed by atoms with Crippen LogP contribution in [0.4, 0.5) is 0 Å². The van der Waals surface area contributed by atoms with Crippen LogP contribution in [0.25, 0.3) is 0 Å². The molecule has 3 aromatic rings. The molecular formula is C31H39N3O6S. The predicted molar refractivity (Wildman–Crippen MR) is 158 cm³/mol. The van der Waals surface area contributed by atoms with Crippen LogP contribution in [0.3, 0.4) is 0 Å². The second kappa shape index (κ2) is 15.2. The van der Waals surface area contributed by atoms with Crippen LogP contribution in [-0.4, -0.2) is 58.5 Å².